The molecule has 5 nitrogen and oxygen atoms in total. The fraction of sp³-hybridized carbons (Fsp3) is 0.100. The van der Waals surface area contributed by atoms with Gasteiger partial charge in [0.2, 0.25) is 0 Å². The van der Waals surface area contributed by atoms with E-state index in [0.29, 0.717) is 10.0 Å². The first-order chi connectivity index (χ1) is 7.45. The number of benzene rings is 1. The van der Waals surface area contributed by atoms with Gasteiger partial charge in [0, 0.05) is 4.47 Å². The standard InChI is InChI=1S/C10H7BrN2O3/c1-5-2-6(11)3-8(7(5)4-12)13-9(14)10(15)16/h2-3H,1H3,(H,13,14)(H,15,16). The van der Waals surface area contributed by atoms with Gasteiger partial charge in [-0.25, -0.2) is 4.79 Å². The van der Waals surface area contributed by atoms with Crippen LogP contribution in [0.15, 0.2) is 16.6 Å². The molecule has 0 fully saturated rings. The summed E-state index contributed by atoms with van der Waals surface area (Å²) in [4.78, 5) is 21.3. The number of aliphatic carboxylic acids is 1. The van der Waals surface area contributed by atoms with Crippen molar-refractivity contribution in [3.63, 3.8) is 0 Å². The molecule has 0 saturated carbocycles. The number of nitrogens with one attached hydrogen (secondary N) is 1. The number of nitriles is 1. The van der Waals surface area contributed by atoms with Gasteiger partial charge in [0.25, 0.3) is 0 Å². The molecule has 1 aromatic carbocycles. The maximum atomic E-state index is 11.0. The van der Waals surface area contributed by atoms with Crippen LogP contribution in [0, 0.1) is 18.3 Å². The molecule has 0 spiro atoms. The molecule has 2 N–H and O–H groups in total. The molecule has 6 heteroatoms. The summed E-state index contributed by atoms with van der Waals surface area (Å²) in [6.45, 7) is 1.69. The molecule has 0 aliphatic rings. The molecule has 1 amide bonds. The van der Waals surface area contributed by atoms with Crippen molar-refractivity contribution in [1.29, 1.82) is 5.26 Å². The highest BCUT2D eigenvalue weighted by Crippen LogP contribution is 2.24. The highest BCUT2D eigenvalue weighted by atomic mass is 79.9. The van der Waals surface area contributed by atoms with Crippen molar-refractivity contribution in [1.82, 2.24) is 0 Å². The third-order valence-corrected chi connectivity index (χ3v) is 2.31. The summed E-state index contributed by atoms with van der Waals surface area (Å²) in [6, 6.07) is 5.09. The van der Waals surface area contributed by atoms with Crippen LogP contribution in [0.25, 0.3) is 0 Å². The second-order valence-electron chi connectivity index (χ2n) is 3.02. The molecule has 0 radical (unpaired) electrons. The van der Waals surface area contributed by atoms with Crippen molar-refractivity contribution >= 4 is 33.5 Å². The third kappa shape index (κ3) is 2.58. The molecular weight excluding hydrogens is 276 g/mol. The highest BCUT2D eigenvalue weighted by molar-refractivity contribution is 9.10. The number of anilines is 1. The summed E-state index contributed by atoms with van der Waals surface area (Å²) < 4.78 is 0.657. The number of hydrogen-bond donors (Lipinski definition) is 2. The second kappa shape index (κ2) is 4.77. The molecule has 1 rings (SSSR count). The molecule has 0 saturated heterocycles. The van der Waals surface area contributed by atoms with Crippen LogP contribution in [0.4, 0.5) is 5.69 Å². The zero-order valence-corrected chi connectivity index (χ0v) is 9.83. The summed E-state index contributed by atoms with van der Waals surface area (Å²) in [5.41, 5.74) is 1.08. The maximum absolute atomic E-state index is 11.0. The molecule has 0 unspecified atom stereocenters. The lowest BCUT2D eigenvalue weighted by Gasteiger charge is -2.07. The van der Waals surface area contributed by atoms with Gasteiger partial charge in [-0.15, -0.1) is 0 Å². The van der Waals surface area contributed by atoms with E-state index in [2.05, 4.69) is 21.2 Å². The van der Waals surface area contributed by atoms with E-state index in [1.54, 1.807) is 13.0 Å². The number of rotatable bonds is 1. The zero-order valence-electron chi connectivity index (χ0n) is 8.24. The number of carboxylic acid groups (broad SMARTS) is 1. The predicted octanol–water partition coefficient (Wildman–Crippen LogP) is 1.65. The first-order valence-corrected chi connectivity index (χ1v) is 4.99. The van der Waals surface area contributed by atoms with Crippen LogP contribution in [0.1, 0.15) is 11.1 Å². The van der Waals surface area contributed by atoms with Crippen molar-refractivity contribution in [3.05, 3.63) is 27.7 Å². The fourth-order valence-electron chi connectivity index (χ4n) is 1.17. The Morgan fingerprint density at radius 1 is 1.50 bits per heavy atom. The van der Waals surface area contributed by atoms with Crippen molar-refractivity contribution in [2.75, 3.05) is 5.32 Å². The average Bonchev–Trinajstić information content (AvgIpc) is 2.16. The normalized spacial score (nSPS) is 9.31. The van der Waals surface area contributed by atoms with E-state index in [-0.39, 0.29) is 11.3 Å². The van der Waals surface area contributed by atoms with Gasteiger partial charge < -0.3 is 10.4 Å². The van der Waals surface area contributed by atoms with Gasteiger partial charge in [-0.3, -0.25) is 4.79 Å². The lowest BCUT2D eigenvalue weighted by Crippen LogP contribution is -2.22. The first kappa shape index (κ1) is 12.2. The van der Waals surface area contributed by atoms with E-state index in [1.807, 2.05) is 6.07 Å². The fourth-order valence-corrected chi connectivity index (χ4v) is 1.74. The van der Waals surface area contributed by atoms with Gasteiger partial charge in [-0.2, -0.15) is 5.26 Å². The summed E-state index contributed by atoms with van der Waals surface area (Å²) in [5.74, 6) is -2.77. The summed E-state index contributed by atoms with van der Waals surface area (Å²) in [7, 11) is 0. The Bertz CT molecular complexity index is 506. The van der Waals surface area contributed by atoms with Gasteiger partial charge in [0.15, 0.2) is 0 Å². The Morgan fingerprint density at radius 3 is 2.62 bits per heavy atom. The third-order valence-electron chi connectivity index (χ3n) is 1.85. The van der Waals surface area contributed by atoms with Crippen LogP contribution in [0.3, 0.4) is 0 Å². The molecule has 0 bridgehead atoms. The Morgan fingerprint density at radius 2 is 2.12 bits per heavy atom. The molecule has 0 atom stereocenters. The van der Waals surface area contributed by atoms with E-state index in [1.165, 1.54) is 6.07 Å². The second-order valence-corrected chi connectivity index (χ2v) is 3.93. The van der Waals surface area contributed by atoms with E-state index in [4.69, 9.17) is 10.4 Å². The topological polar surface area (TPSA) is 90.2 Å². The Hall–Kier alpha value is -1.87. The lowest BCUT2D eigenvalue weighted by atomic mass is 10.1. The number of carbonyl (C=O) groups is 2. The van der Waals surface area contributed by atoms with E-state index in [9.17, 15) is 9.59 Å². The van der Waals surface area contributed by atoms with Crippen LogP contribution < -0.4 is 5.32 Å². The first-order valence-electron chi connectivity index (χ1n) is 4.20. The SMILES string of the molecule is Cc1cc(Br)cc(NC(=O)C(=O)O)c1C#N. The number of halogens is 1. The minimum absolute atomic E-state index is 0.182. The average molecular weight is 283 g/mol. The van der Waals surface area contributed by atoms with Crippen LogP contribution in [-0.4, -0.2) is 17.0 Å². The van der Waals surface area contributed by atoms with Crippen LogP contribution in [0.5, 0.6) is 0 Å². The quantitative estimate of drug-likeness (QED) is 0.767. The number of nitrogens with zero attached hydrogens (tertiary/aromatic N) is 1. The van der Waals surface area contributed by atoms with Gasteiger partial charge in [-0.05, 0) is 24.6 Å². The number of carboxylic acids is 1. The summed E-state index contributed by atoms with van der Waals surface area (Å²) in [6.07, 6.45) is 0. The van der Waals surface area contributed by atoms with Gasteiger partial charge >= 0.3 is 11.9 Å². The molecule has 0 aliphatic carbocycles. The van der Waals surface area contributed by atoms with Crippen LogP contribution in [0.2, 0.25) is 0 Å². The highest BCUT2D eigenvalue weighted by Gasteiger charge is 2.15. The van der Waals surface area contributed by atoms with Crippen molar-refractivity contribution in [3.8, 4) is 6.07 Å². The van der Waals surface area contributed by atoms with Crippen LogP contribution >= 0.6 is 15.9 Å². The minimum atomic E-state index is -1.60. The van der Waals surface area contributed by atoms with E-state index < -0.39 is 11.9 Å². The van der Waals surface area contributed by atoms with Crippen LogP contribution in [-0.2, 0) is 9.59 Å². The largest absolute Gasteiger partial charge is 0.474 e. The lowest BCUT2D eigenvalue weighted by molar-refractivity contribution is -0.147. The van der Waals surface area contributed by atoms with Gasteiger partial charge in [-0.1, -0.05) is 15.9 Å². The number of carbonyl (C=O) groups excluding carboxylic acids is 1. The zero-order chi connectivity index (χ0) is 12.3. The minimum Gasteiger partial charge on any atom is -0.474 e. The smallest absolute Gasteiger partial charge is 0.394 e. The summed E-state index contributed by atoms with van der Waals surface area (Å²) in [5, 5.41) is 19.5. The molecule has 0 aromatic heterocycles. The summed E-state index contributed by atoms with van der Waals surface area (Å²) >= 11 is 3.20. The molecule has 82 valence electrons. The Labute approximate surface area is 99.8 Å². The molecular formula is C10H7BrN2O3. The molecule has 0 heterocycles. The Balaban J connectivity index is 3.18. The van der Waals surface area contributed by atoms with E-state index >= 15 is 0 Å². The Kier molecular flexibility index (Phi) is 3.64. The molecule has 16 heavy (non-hydrogen) atoms. The molecule has 0 aliphatic heterocycles. The van der Waals surface area contributed by atoms with Crippen molar-refractivity contribution in [2.45, 2.75) is 6.92 Å². The van der Waals surface area contributed by atoms with E-state index in [0.717, 1.165) is 0 Å². The number of hydrogen-bond acceptors (Lipinski definition) is 3. The number of aryl methyl sites for hydroxylation is 1. The predicted molar refractivity (Wildman–Crippen MR) is 59.9 cm³/mol. The maximum Gasteiger partial charge on any atom is 0.394 e. The van der Waals surface area contributed by atoms with Gasteiger partial charge in [0.05, 0.1) is 11.3 Å². The molecule has 1 aromatic rings. The van der Waals surface area contributed by atoms with Crippen molar-refractivity contribution in [2.24, 2.45) is 0 Å². The van der Waals surface area contributed by atoms with Crippen molar-refractivity contribution < 1.29 is 14.7 Å². The monoisotopic (exact) mass is 282 g/mol. The van der Waals surface area contributed by atoms with Gasteiger partial charge in [0.1, 0.15) is 6.07 Å². The number of amides is 1.